The summed E-state index contributed by atoms with van der Waals surface area (Å²) in [4.78, 5) is 21.4. The molecule has 0 radical (unpaired) electrons. The van der Waals surface area contributed by atoms with Crippen LogP contribution in [0.25, 0.3) is 0 Å². The molecule has 3 rings (SSSR count). The van der Waals surface area contributed by atoms with Crippen molar-refractivity contribution in [1.82, 2.24) is 15.2 Å². The second-order valence-electron chi connectivity index (χ2n) is 5.99. The molecule has 3 heterocycles. The van der Waals surface area contributed by atoms with E-state index in [-0.39, 0.29) is 5.91 Å². The quantitative estimate of drug-likeness (QED) is 0.907. The van der Waals surface area contributed by atoms with Crippen molar-refractivity contribution < 1.29 is 4.79 Å². The number of amides is 1. The molecule has 5 heteroatoms. The number of anilines is 1. The smallest absolute Gasteiger partial charge is 0.270 e. The lowest BCUT2D eigenvalue weighted by atomic mass is 10.2. The van der Waals surface area contributed by atoms with Crippen molar-refractivity contribution in [1.29, 1.82) is 0 Å². The first kappa shape index (κ1) is 14.3. The Bertz CT molecular complexity index is 531. The van der Waals surface area contributed by atoms with Gasteiger partial charge in [0.1, 0.15) is 11.5 Å². The Morgan fingerprint density at radius 3 is 3.10 bits per heavy atom. The Labute approximate surface area is 126 Å². The summed E-state index contributed by atoms with van der Waals surface area (Å²) in [6, 6.07) is 4.37. The zero-order valence-corrected chi connectivity index (χ0v) is 12.9. The molecule has 114 valence electrons. The molecule has 5 nitrogen and oxygen atoms in total. The second-order valence-corrected chi connectivity index (χ2v) is 5.99. The first-order valence-corrected chi connectivity index (χ1v) is 7.92. The zero-order valence-electron chi connectivity index (χ0n) is 12.9. The molecule has 1 aromatic rings. The van der Waals surface area contributed by atoms with E-state index in [1.807, 2.05) is 19.2 Å². The lowest BCUT2D eigenvalue weighted by Crippen LogP contribution is -2.40. The van der Waals surface area contributed by atoms with E-state index < -0.39 is 0 Å². The van der Waals surface area contributed by atoms with Gasteiger partial charge in [0.15, 0.2) is 0 Å². The fraction of sp³-hybridized carbons (Fsp3) is 0.625. The van der Waals surface area contributed by atoms with Gasteiger partial charge in [-0.1, -0.05) is 13.0 Å². The Kier molecular flexibility index (Phi) is 4.10. The summed E-state index contributed by atoms with van der Waals surface area (Å²) in [5, 5.41) is 3.05. The molecule has 1 N–H and O–H groups in total. The predicted octanol–water partition coefficient (Wildman–Crippen LogP) is 1.29. The molecule has 1 amide bonds. The van der Waals surface area contributed by atoms with Crippen LogP contribution in [-0.2, 0) is 6.42 Å². The Balaban J connectivity index is 1.62. The van der Waals surface area contributed by atoms with Gasteiger partial charge in [0, 0.05) is 26.2 Å². The summed E-state index contributed by atoms with van der Waals surface area (Å²) < 4.78 is 0. The Hall–Kier alpha value is -1.62. The molecular formula is C16H24N4O. The monoisotopic (exact) mass is 288 g/mol. The molecular weight excluding hydrogens is 264 g/mol. The van der Waals surface area contributed by atoms with Crippen LogP contribution < -0.4 is 10.2 Å². The van der Waals surface area contributed by atoms with E-state index in [0.29, 0.717) is 11.7 Å². The van der Waals surface area contributed by atoms with Gasteiger partial charge in [-0.2, -0.15) is 0 Å². The maximum Gasteiger partial charge on any atom is 0.270 e. The van der Waals surface area contributed by atoms with Crippen molar-refractivity contribution >= 4 is 11.7 Å². The van der Waals surface area contributed by atoms with Crippen molar-refractivity contribution in [2.75, 3.05) is 38.1 Å². The van der Waals surface area contributed by atoms with E-state index in [1.54, 1.807) is 0 Å². The van der Waals surface area contributed by atoms with Crippen molar-refractivity contribution in [3.63, 3.8) is 0 Å². The number of fused-ring (bicyclic) bond motifs is 1. The first-order valence-electron chi connectivity index (χ1n) is 7.92. The van der Waals surface area contributed by atoms with E-state index in [2.05, 4.69) is 27.0 Å². The second kappa shape index (κ2) is 6.02. The minimum absolute atomic E-state index is 0.0546. The Morgan fingerprint density at radius 1 is 1.43 bits per heavy atom. The number of carbonyl (C=O) groups excluding carboxylic acids is 1. The standard InChI is InChI=1S/C16H24N4O/c1-3-20-9-4-5-13(20)11-17-16(21)14-7-6-12-8-10-19(2)15(12)18-14/h6-7,13H,3-5,8-11H2,1-2H3,(H,17,21). The largest absolute Gasteiger partial charge is 0.359 e. The highest BCUT2D eigenvalue weighted by molar-refractivity contribution is 5.92. The highest BCUT2D eigenvalue weighted by Crippen LogP contribution is 2.24. The third kappa shape index (κ3) is 2.88. The maximum atomic E-state index is 12.3. The summed E-state index contributed by atoms with van der Waals surface area (Å²) in [5.41, 5.74) is 1.77. The number of likely N-dealkylation sites (N-methyl/N-ethyl adjacent to an activating group) is 2. The summed E-state index contributed by atoms with van der Waals surface area (Å²) in [6.45, 7) is 6.10. The van der Waals surface area contributed by atoms with Crippen LogP contribution in [0.2, 0.25) is 0 Å². The van der Waals surface area contributed by atoms with Crippen LogP contribution in [-0.4, -0.2) is 55.1 Å². The predicted molar refractivity (Wildman–Crippen MR) is 83.8 cm³/mol. The number of likely N-dealkylation sites (tertiary alicyclic amines) is 1. The topological polar surface area (TPSA) is 48.5 Å². The summed E-state index contributed by atoms with van der Waals surface area (Å²) in [5.74, 6) is 0.903. The van der Waals surface area contributed by atoms with Gasteiger partial charge in [0.05, 0.1) is 0 Å². The molecule has 1 aromatic heterocycles. The van der Waals surface area contributed by atoms with Gasteiger partial charge in [-0.15, -0.1) is 0 Å². The number of aromatic nitrogens is 1. The van der Waals surface area contributed by atoms with Crippen molar-refractivity contribution in [3.8, 4) is 0 Å². The van der Waals surface area contributed by atoms with Crippen molar-refractivity contribution in [2.24, 2.45) is 0 Å². The molecule has 1 unspecified atom stereocenters. The molecule has 0 aromatic carbocycles. The first-order chi connectivity index (χ1) is 10.2. The maximum absolute atomic E-state index is 12.3. The van der Waals surface area contributed by atoms with Crippen LogP contribution >= 0.6 is 0 Å². The van der Waals surface area contributed by atoms with Crippen molar-refractivity contribution in [2.45, 2.75) is 32.2 Å². The molecule has 0 aliphatic carbocycles. The van der Waals surface area contributed by atoms with Crippen LogP contribution in [0, 0.1) is 0 Å². The molecule has 0 bridgehead atoms. The lowest BCUT2D eigenvalue weighted by molar-refractivity contribution is 0.0936. The van der Waals surface area contributed by atoms with Gasteiger partial charge in [0.2, 0.25) is 0 Å². The number of rotatable bonds is 4. The van der Waals surface area contributed by atoms with Crippen LogP contribution in [0.4, 0.5) is 5.82 Å². The molecule has 1 atom stereocenters. The van der Waals surface area contributed by atoms with Crippen LogP contribution in [0.3, 0.4) is 0 Å². The van der Waals surface area contributed by atoms with Gasteiger partial charge in [-0.05, 0) is 44.0 Å². The summed E-state index contributed by atoms with van der Waals surface area (Å²) in [7, 11) is 2.03. The average Bonchev–Trinajstić information content (AvgIpc) is 3.11. The minimum atomic E-state index is -0.0546. The van der Waals surface area contributed by atoms with Gasteiger partial charge in [0.25, 0.3) is 5.91 Å². The molecule has 2 aliphatic rings. The number of hydrogen-bond donors (Lipinski definition) is 1. The van der Waals surface area contributed by atoms with Gasteiger partial charge < -0.3 is 10.2 Å². The van der Waals surface area contributed by atoms with Gasteiger partial charge in [-0.25, -0.2) is 4.98 Å². The molecule has 1 fully saturated rings. The van der Waals surface area contributed by atoms with E-state index in [1.165, 1.54) is 18.4 Å². The number of hydrogen-bond acceptors (Lipinski definition) is 4. The fourth-order valence-electron chi connectivity index (χ4n) is 3.37. The molecule has 2 aliphatic heterocycles. The molecule has 1 saturated heterocycles. The van der Waals surface area contributed by atoms with Crippen LogP contribution in [0.1, 0.15) is 35.8 Å². The minimum Gasteiger partial charge on any atom is -0.359 e. The third-order valence-electron chi connectivity index (χ3n) is 4.67. The normalized spacial score (nSPS) is 21.6. The van der Waals surface area contributed by atoms with E-state index >= 15 is 0 Å². The summed E-state index contributed by atoms with van der Waals surface area (Å²) >= 11 is 0. The molecule has 21 heavy (non-hydrogen) atoms. The number of nitrogens with zero attached hydrogens (tertiary/aromatic N) is 3. The van der Waals surface area contributed by atoms with E-state index in [0.717, 1.165) is 38.4 Å². The highest BCUT2D eigenvalue weighted by atomic mass is 16.1. The van der Waals surface area contributed by atoms with Crippen molar-refractivity contribution in [3.05, 3.63) is 23.4 Å². The number of pyridine rings is 1. The average molecular weight is 288 g/mol. The Morgan fingerprint density at radius 2 is 2.29 bits per heavy atom. The van der Waals surface area contributed by atoms with Gasteiger partial charge >= 0.3 is 0 Å². The highest BCUT2D eigenvalue weighted by Gasteiger charge is 2.24. The summed E-state index contributed by atoms with van der Waals surface area (Å²) in [6.07, 6.45) is 3.43. The number of carbonyl (C=O) groups is 1. The van der Waals surface area contributed by atoms with Crippen LogP contribution in [0.15, 0.2) is 12.1 Å². The van der Waals surface area contributed by atoms with E-state index in [9.17, 15) is 4.79 Å². The van der Waals surface area contributed by atoms with Gasteiger partial charge in [-0.3, -0.25) is 9.69 Å². The lowest BCUT2D eigenvalue weighted by Gasteiger charge is -2.22. The fourth-order valence-corrected chi connectivity index (χ4v) is 3.37. The third-order valence-corrected chi connectivity index (χ3v) is 4.67. The molecule has 0 saturated carbocycles. The van der Waals surface area contributed by atoms with Crippen LogP contribution in [0.5, 0.6) is 0 Å². The zero-order chi connectivity index (χ0) is 14.8. The SMILES string of the molecule is CCN1CCCC1CNC(=O)c1ccc2c(n1)N(C)CC2. The number of nitrogens with one attached hydrogen (secondary N) is 1. The molecule has 0 spiro atoms. The van der Waals surface area contributed by atoms with E-state index in [4.69, 9.17) is 0 Å².